The molecule has 0 aromatic heterocycles. The van der Waals surface area contributed by atoms with Crippen molar-refractivity contribution in [2.45, 2.75) is 176 Å². The lowest BCUT2D eigenvalue weighted by atomic mass is 9.32. The lowest BCUT2D eigenvalue weighted by Gasteiger charge is -2.73. The van der Waals surface area contributed by atoms with E-state index >= 15 is 0 Å². The fraction of sp³-hybridized carbons (Fsp3) is 0.956. The molecule has 55 heavy (non-hydrogen) atoms. The van der Waals surface area contributed by atoms with Gasteiger partial charge in [0.1, 0.15) is 6.10 Å². The predicted octanol–water partition coefficient (Wildman–Crippen LogP) is 7.49. The molecule has 0 aromatic carbocycles. The van der Waals surface area contributed by atoms with Gasteiger partial charge in [0.05, 0.1) is 30.5 Å². The molecule has 1 saturated heterocycles. The number of nitrogens with zero attached hydrogens (tertiary/aromatic N) is 1. The first kappa shape index (κ1) is 41.9. The summed E-state index contributed by atoms with van der Waals surface area (Å²) in [6.45, 7) is 22.5. The molecule has 314 valence electrons. The number of esters is 1. The summed E-state index contributed by atoms with van der Waals surface area (Å²) in [6.07, 6.45) is 13.7. The number of aliphatic hydroxyl groups excluding tert-OH is 1. The summed E-state index contributed by atoms with van der Waals surface area (Å²) in [7, 11) is -2.99. The van der Waals surface area contributed by atoms with Crippen molar-refractivity contribution in [3.63, 3.8) is 0 Å². The lowest BCUT2D eigenvalue weighted by Crippen LogP contribution is -2.69. The van der Waals surface area contributed by atoms with Crippen LogP contribution >= 0.6 is 0 Å². The van der Waals surface area contributed by atoms with Crippen molar-refractivity contribution in [2.24, 2.45) is 62.1 Å². The Bertz CT molecular complexity index is 1590. The van der Waals surface area contributed by atoms with Crippen molar-refractivity contribution in [3.8, 4) is 0 Å². The molecule has 6 saturated carbocycles. The number of carbonyl (C=O) groups is 2. The van der Waals surface area contributed by atoms with Crippen LogP contribution in [-0.2, 0) is 24.2 Å². The molecular weight excluding hydrogens is 713 g/mol. The topological polar surface area (TPSA) is 133 Å². The molecule has 7 aliphatic rings. The van der Waals surface area contributed by atoms with E-state index in [2.05, 4.69) is 51.8 Å². The van der Waals surface area contributed by atoms with Crippen LogP contribution in [0, 0.1) is 62.1 Å². The van der Waals surface area contributed by atoms with Gasteiger partial charge in [-0.1, -0.05) is 55.4 Å². The fourth-order valence-corrected chi connectivity index (χ4v) is 16.7. The Labute approximate surface area is 333 Å². The third-order valence-corrected chi connectivity index (χ3v) is 20.5. The van der Waals surface area contributed by atoms with Gasteiger partial charge in [-0.15, -0.1) is 0 Å². The highest BCUT2D eigenvalue weighted by Gasteiger charge is 2.72. The van der Waals surface area contributed by atoms with Gasteiger partial charge < -0.3 is 20.3 Å². The van der Waals surface area contributed by atoms with Gasteiger partial charge in [-0.25, -0.2) is 8.42 Å². The smallest absolute Gasteiger partial charge is 0.306 e. The number of nitrogens with one attached hydrogen (secondary N) is 1. The monoisotopic (exact) mass is 789 g/mol. The van der Waals surface area contributed by atoms with Gasteiger partial charge in [0.15, 0.2) is 9.84 Å². The summed E-state index contributed by atoms with van der Waals surface area (Å²) in [6, 6.07) is -0.0909. The predicted molar refractivity (Wildman–Crippen MR) is 216 cm³/mol. The first-order valence-electron chi connectivity index (χ1n) is 22.2. The fourth-order valence-electron chi connectivity index (χ4n) is 15.5. The molecule has 12 atom stereocenters. The number of fused-ring (bicyclic) bond motifs is 7. The second-order valence-corrected chi connectivity index (χ2v) is 25.1. The van der Waals surface area contributed by atoms with Crippen molar-refractivity contribution >= 4 is 21.8 Å². The molecule has 0 unspecified atom stereocenters. The maximum Gasteiger partial charge on any atom is 0.306 e. The molecule has 0 amide bonds. The third-order valence-electron chi connectivity index (χ3n) is 18.9. The summed E-state index contributed by atoms with van der Waals surface area (Å²) < 4.78 is 30.9. The van der Waals surface area contributed by atoms with Crippen molar-refractivity contribution in [1.29, 1.82) is 0 Å². The summed E-state index contributed by atoms with van der Waals surface area (Å²) in [4.78, 5) is 27.0. The molecule has 0 bridgehead atoms. The number of aliphatic carboxylic acids is 1. The molecular formula is C45H76N2O7S. The molecule has 9 nitrogen and oxygen atoms in total. The van der Waals surface area contributed by atoms with Crippen LogP contribution in [0.5, 0.6) is 0 Å². The SMILES string of the molecule is C[C@H](O)[C@H](CN[C@]12CC[C@@H](C3(C)CC3)[C@@H]1[C@H]1CC[C@@H]3[C@@]4(C)CC[C@H](OC(=O)CC(C)(C)CC(=O)O)C(C)(C)[C@@H]4CC[C@@]3(C)[C@]1(C)CC2)N1CCS(=O)(=O)CC1. The highest BCUT2D eigenvalue weighted by molar-refractivity contribution is 7.91. The second kappa shape index (κ2) is 13.9. The number of carboxylic acids is 1. The van der Waals surface area contributed by atoms with Gasteiger partial charge >= 0.3 is 11.9 Å². The molecule has 10 heteroatoms. The first-order chi connectivity index (χ1) is 25.4. The number of hydrogen-bond donors (Lipinski definition) is 3. The summed E-state index contributed by atoms with van der Waals surface area (Å²) in [5.41, 5.74) is 0.280. The number of carboxylic acid groups (broad SMARTS) is 1. The summed E-state index contributed by atoms with van der Waals surface area (Å²) in [5, 5.41) is 24.7. The first-order valence-corrected chi connectivity index (χ1v) is 24.0. The van der Waals surface area contributed by atoms with E-state index in [1.807, 2.05) is 20.8 Å². The number of sulfone groups is 1. The van der Waals surface area contributed by atoms with E-state index in [0.717, 1.165) is 19.3 Å². The molecule has 1 heterocycles. The van der Waals surface area contributed by atoms with Crippen LogP contribution < -0.4 is 5.32 Å². The van der Waals surface area contributed by atoms with Crippen LogP contribution in [0.4, 0.5) is 0 Å². The Morgan fingerprint density at radius 3 is 2.11 bits per heavy atom. The van der Waals surface area contributed by atoms with E-state index in [9.17, 15) is 28.2 Å². The van der Waals surface area contributed by atoms with Crippen molar-refractivity contribution in [3.05, 3.63) is 0 Å². The number of aliphatic hydroxyl groups is 1. The molecule has 0 spiro atoms. The van der Waals surface area contributed by atoms with Gasteiger partial charge in [0.2, 0.25) is 0 Å². The van der Waals surface area contributed by atoms with Crippen molar-refractivity contribution in [1.82, 2.24) is 10.2 Å². The number of hydrogen-bond acceptors (Lipinski definition) is 8. The van der Waals surface area contributed by atoms with E-state index in [-0.39, 0.29) is 69.7 Å². The Hall–Kier alpha value is -1.23. The van der Waals surface area contributed by atoms with Gasteiger partial charge in [0.25, 0.3) is 0 Å². The van der Waals surface area contributed by atoms with Crippen LogP contribution in [-0.4, -0.2) is 90.4 Å². The summed E-state index contributed by atoms with van der Waals surface area (Å²) >= 11 is 0. The van der Waals surface area contributed by atoms with Gasteiger partial charge in [-0.2, -0.15) is 0 Å². The molecule has 1 aliphatic heterocycles. The normalized spacial score (nSPS) is 44.2. The van der Waals surface area contributed by atoms with Gasteiger partial charge in [-0.3, -0.25) is 14.5 Å². The Morgan fingerprint density at radius 2 is 1.49 bits per heavy atom. The Morgan fingerprint density at radius 1 is 0.818 bits per heavy atom. The zero-order chi connectivity index (χ0) is 40.2. The number of carbonyl (C=O) groups excluding carboxylic acids is 1. The van der Waals surface area contributed by atoms with Crippen LogP contribution in [0.3, 0.4) is 0 Å². The molecule has 0 aromatic rings. The average molecular weight is 789 g/mol. The highest BCUT2D eigenvalue weighted by atomic mass is 32.2. The van der Waals surface area contributed by atoms with E-state index in [1.165, 1.54) is 57.8 Å². The van der Waals surface area contributed by atoms with Gasteiger partial charge in [-0.05, 0) is 141 Å². The lowest BCUT2D eigenvalue weighted by molar-refractivity contribution is -0.248. The standard InChI is InChI=1S/C45H76N2O7S/c1-29(48)32(47-22-24-55(52,53)25-23-47)28-46-45-17-12-30(41(6)18-19-41)38(45)31-10-11-34-42(7)15-14-35(54-37(51)27-39(2,3)26-36(49)50)40(4,5)33(42)13-16-44(34,9)43(31,8)20-21-45/h29-35,38,46,48H,10-28H2,1-9H3,(H,49,50)/t29-,30+,31+,32-,33-,34+,35-,38+,42-,43+,44+,45-/m0/s1. The average Bonchev–Trinajstić information content (AvgIpc) is 3.68. The molecule has 7 fully saturated rings. The minimum Gasteiger partial charge on any atom is -0.481 e. The van der Waals surface area contributed by atoms with Crippen LogP contribution in [0.1, 0.15) is 152 Å². The van der Waals surface area contributed by atoms with Crippen LogP contribution in [0.2, 0.25) is 0 Å². The Kier molecular flexibility index (Phi) is 10.6. The van der Waals surface area contributed by atoms with E-state index in [0.29, 0.717) is 54.6 Å². The highest BCUT2D eigenvalue weighted by Crippen LogP contribution is 2.77. The maximum absolute atomic E-state index is 13.3. The van der Waals surface area contributed by atoms with E-state index < -0.39 is 27.3 Å². The zero-order valence-electron chi connectivity index (χ0n) is 35.8. The molecule has 7 rings (SSSR count). The van der Waals surface area contributed by atoms with Crippen LogP contribution in [0.15, 0.2) is 0 Å². The number of rotatable bonds is 11. The minimum atomic E-state index is -2.99. The maximum atomic E-state index is 13.3. The molecule has 6 aliphatic carbocycles. The van der Waals surface area contributed by atoms with E-state index in [4.69, 9.17) is 4.74 Å². The summed E-state index contributed by atoms with van der Waals surface area (Å²) in [5.74, 6) is 2.24. The quantitative estimate of drug-likeness (QED) is 0.182. The van der Waals surface area contributed by atoms with E-state index in [1.54, 1.807) is 0 Å². The number of ether oxygens (including phenoxy) is 1. The van der Waals surface area contributed by atoms with Gasteiger partial charge in [0, 0.05) is 36.6 Å². The Balaban J connectivity index is 1.11. The van der Waals surface area contributed by atoms with Crippen molar-refractivity contribution < 1.29 is 33.0 Å². The minimum absolute atomic E-state index is 0.0514. The largest absolute Gasteiger partial charge is 0.481 e. The third kappa shape index (κ3) is 7.06. The van der Waals surface area contributed by atoms with Crippen molar-refractivity contribution in [2.75, 3.05) is 31.1 Å². The van der Waals surface area contributed by atoms with Crippen LogP contribution in [0.25, 0.3) is 0 Å². The molecule has 3 N–H and O–H groups in total. The second-order valence-electron chi connectivity index (χ2n) is 22.8. The molecule has 0 radical (unpaired) electrons. The zero-order valence-corrected chi connectivity index (χ0v) is 36.7.